The van der Waals surface area contributed by atoms with Gasteiger partial charge in [0.2, 0.25) is 0 Å². The Morgan fingerprint density at radius 2 is 2.00 bits per heavy atom. The summed E-state index contributed by atoms with van der Waals surface area (Å²) in [7, 11) is 1.79. The summed E-state index contributed by atoms with van der Waals surface area (Å²) in [6.07, 6.45) is -0.663. The number of hydrogen-bond acceptors (Lipinski definition) is 1. The summed E-state index contributed by atoms with van der Waals surface area (Å²) in [4.78, 5) is 0. The standard InChI is InChI=1S/C12H13F4N/c1-17-7-3-2-4-9-5-6-11(13)10(8-9)12(14,15)16/h2,4-6,8,17H,3,7H2,1H3. The minimum atomic E-state index is -4.65. The van der Waals surface area contributed by atoms with Crippen molar-refractivity contribution in [1.29, 1.82) is 0 Å². The Hall–Kier alpha value is -1.36. The Balaban J connectivity index is 2.86. The third kappa shape index (κ3) is 4.19. The zero-order chi connectivity index (χ0) is 12.9. The van der Waals surface area contributed by atoms with Crippen LogP contribution in [0.4, 0.5) is 17.6 Å². The van der Waals surface area contributed by atoms with Crippen LogP contribution in [-0.4, -0.2) is 13.6 Å². The maximum atomic E-state index is 13.0. The van der Waals surface area contributed by atoms with E-state index in [1.807, 2.05) is 0 Å². The van der Waals surface area contributed by atoms with Crippen molar-refractivity contribution < 1.29 is 17.6 Å². The van der Waals surface area contributed by atoms with E-state index < -0.39 is 17.6 Å². The Morgan fingerprint density at radius 3 is 2.59 bits per heavy atom. The Bertz CT molecular complexity index is 396. The first-order valence-corrected chi connectivity index (χ1v) is 5.13. The Labute approximate surface area is 97.1 Å². The molecule has 1 aromatic rings. The van der Waals surface area contributed by atoms with Crippen LogP contribution in [0.1, 0.15) is 17.5 Å². The number of rotatable bonds is 4. The highest BCUT2D eigenvalue weighted by atomic mass is 19.4. The molecule has 0 atom stereocenters. The molecule has 0 spiro atoms. The molecule has 0 aliphatic rings. The quantitative estimate of drug-likeness (QED) is 0.634. The van der Waals surface area contributed by atoms with Crippen LogP contribution >= 0.6 is 0 Å². The second kappa shape index (κ2) is 5.82. The van der Waals surface area contributed by atoms with Gasteiger partial charge in [0.25, 0.3) is 0 Å². The topological polar surface area (TPSA) is 12.0 Å². The maximum absolute atomic E-state index is 13.0. The predicted molar refractivity (Wildman–Crippen MR) is 59.0 cm³/mol. The molecule has 0 radical (unpaired) electrons. The van der Waals surface area contributed by atoms with Crippen LogP contribution in [0.5, 0.6) is 0 Å². The van der Waals surface area contributed by atoms with E-state index in [-0.39, 0.29) is 0 Å². The molecule has 17 heavy (non-hydrogen) atoms. The van der Waals surface area contributed by atoms with E-state index in [2.05, 4.69) is 5.32 Å². The lowest BCUT2D eigenvalue weighted by Gasteiger charge is -2.08. The lowest BCUT2D eigenvalue weighted by molar-refractivity contribution is -0.140. The van der Waals surface area contributed by atoms with Gasteiger partial charge in [-0.25, -0.2) is 4.39 Å². The molecule has 0 saturated heterocycles. The molecule has 0 bridgehead atoms. The summed E-state index contributed by atoms with van der Waals surface area (Å²) in [6, 6.07) is 2.96. The summed E-state index contributed by atoms with van der Waals surface area (Å²) in [5, 5.41) is 2.91. The molecule has 0 fully saturated rings. The van der Waals surface area contributed by atoms with Crippen molar-refractivity contribution in [1.82, 2.24) is 5.32 Å². The van der Waals surface area contributed by atoms with Gasteiger partial charge in [0.15, 0.2) is 0 Å². The number of hydrogen-bond donors (Lipinski definition) is 1. The fourth-order valence-electron chi connectivity index (χ4n) is 1.31. The van der Waals surface area contributed by atoms with Gasteiger partial charge >= 0.3 is 6.18 Å². The lowest BCUT2D eigenvalue weighted by Crippen LogP contribution is -2.08. The van der Waals surface area contributed by atoms with Gasteiger partial charge in [-0.3, -0.25) is 0 Å². The second-order valence-electron chi connectivity index (χ2n) is 3.53. The van der Waals surface area contributed by atoms with E-state index in [1.165, 1.54) is 6.07 Å². The molecule has 0 aromatic heterocycles. The fourth-order valence-corrected chi connectivity index (χ4v) is 1.31. The van der Waals surface area contributed by atoms with Gasteiger partial charge in [0.1, 0.15) is 5.82 Å². The van der Waals surface area contributed by atoms with Gasteiger partial charge in [-0.15, -0.1) is 0 Å². The molecule has 5 heteroatoms. The van der Waals surface area contributed by atoms with Gasteiger partial charge < -0.3 is 5.32 Å². The van der Waals surface area contributed by atoms with E-state index in [4.69, 9.17) is 0 Å². The minimum Gasteiger partial charge on any atom is -0.319 e. The first-order chi connectivity index (χ1) is 7.95. The van der Waals surface area contributed by atoms with Crippen LogP contribution in [0.25, 0.3) is 6.08 Å². The molecule has 0 heterocycles. The number of alkyl halides is 3. The highest BCUT2D eigenvalue weighted by Gasteiger charge is 2.33. The molecule has 0 saturated carbocycles. The fraction of sp³-hybridized carbons (Fsp3) is 0.333. The van der Waals surface area contributed by atoms with Crippen LogP contribution in [0, 0.1) is 5.82 Å². The average Bonchev–Trinajstić information content (AvgIpc) is 2.25. The molecular weight excluding hydrogens is 234 g/mol. The van der Waals surface area contributed by atoms with Crippen molar-refractivity contribution in [2.45, 2.75) is 12.6 Å². The normalized spacial score (nSPS) is 12.3. The predicted octanol–water partition coefficient (Wildman–Crippen LogP) is 3.47. The summed E-state index contributed by atoms with van der Waals surface area (Å²) in [5.74, 6) is -1.25. The van der Waals surface area contributed by atoms with Gasteiger partial charge in [0.05, 0.1) is 5.56 Å². The van der Waals surface area contributed by atoms with Crippen molar-refractivity contribution in [2.24, 2.45) is 0 Å². The largest absolute Gasteiger partial charge is 0.419 e. The second-order valence-corrected chi connectivity index (χ2v) is 3.53. The molecule has 1 nitrogen and oxygen atoms in total. The number of benzene rings is 1. The zero-order valence-electron chi connectivity index (χ0n) is 9.31. The smallest absolute Gasteiger partial charge is 0.319 e. The van der Waals surface area contributed by atoms with Gasteiger partial charge in [-0.1, -0.05) is 18.2 Å². The summed E-state index contributed by atoms with van der Waals surface area (Å²) >= 11 is 0. The molecule has 94 valence electrons. The van der Waals surface area contributed by atoms with Crippen LogP contribution in [0.2, 0.25) is 0 Å². The lowest BCUT2D eigenvalue weighted by atomic mass is 10.1. The van der Waals surface area contributed by atoms with Crippen LogP contribution in [0.15, 0.2) is 24.3 Å². The first kappa shape index (κ1) is 13.7. The summed E-state index contributed by atoms with van der Waals surface area (Å²) in [6.45, 7) is 0.740. The molecule has 0 unspecified atom stereocenters. The SMILES string of the molecule is CNCCC=Cc1ccc(F)c(C(F)(F)F)c1. The zero-order valence-corrected chi connectivity index (χ0v) is 9.31. The van der Waals surface area contributed by atoms with Gasteiger partial charge in [-0.05, 0) is 37.7 Å². The summed E-state index contributed by atoms with van der Waals surface area (Å²) in [5.41, 5.74) is -0.886. The van der Waals surface area contributed by atoms with E-state index in [0.717, 1.165) is 18.7 Å². The van der Waals surface area contributed by atoms with Gasteiger partial charge in [0, 0.05) is 0 Å². The first-order valence-electron chi connectivity index (χ1n) is 5.13. The van der Waals surface area contributed by atoms with Crippen molar-refractivity contribution >= 4 is 6.08 Å². The highest BCUT2D eigenvalue weighted by Crippen LogP contribution is 2.32. The average molecular weight is 247 g/mol. The minimum absolute atomic E-state index is 0.342. The van der Waals surface area contributed by atoms with E-state index >= 15 is 0 Å². The van der Waals surface area contributed by atoms with Crippen molar-refractivity contribution in [3.8, 4) is 0 Å². The van der Waals surface area contributed by atoms with E-state index in [0.29, 0.717) is 12.0 Å². The molecule has 0 aliphatic carbocycles. The third-order valence-corrected chi connectivity index (χ3v) is 2.17. The van der Waals surface area contributed by atoms with Crippen LogP contribution in [-0.2, 0) is 6.18 Å². The molecular formula is C12H13F4N. The molecule has 1 rings (SSSR count). The van der Waals surface area contributed by atoms with E-state index in [9.17, 15) is 17.6 Å². The van der Waals surface area contributed by atoms with Crippen LogP contribution < -0.4 is 5.32 Å². The van der Waals surface area contributed by atoms with E-state index in [1.54, 1.807) is 19.2 Å². The monoisotopic (exact) mass is 247 g/mol. The van der Waals surface area contributed by atoms with Crippen LogP contribution in [0.3, 0.4) is 0 Å². The maximum Gasteiger partial charge on any atom is 0.419 e. The number of halogens is 4. The molecule has 0 aliphatic heterocycles. The Kier molecular flexibility index (Phi) is 4.69. The molecule has 1 N–H and O–H groups in total. The van der Waals surface area contributed by atoms with Crippen molar-refractivity contribution in [2.75, 3.05) is 13.6 Å². The van der Waals surface area contributed by atoms with Crippen molar-refractivity contribution in [3.63, 3.8) is 0 Å². The van der Waals surface area contributed by atoms with Gasteiger partial charge in [-0.2, -0.15) is 13.2 Å². The highest BCUT2D eigenvalue weighted by molar-refractivity contribution is 5.50. The summed E-state index contributed by atoms with van der Waals surface area (Å²) < 4.78 is 50.1. The third-order valence-electron chi connectivity index (χ3n) is 2.17. The van der Waals surface area contributed by atoms with Crippen molar-refractivity contribution in [3.05, 3.63) is 41.2 Å². The number of nitrogens with one attached hydrogen (secondary N) is 1. The Morgan fingerprint density at radius 1 is 1.29 bits per heavy atom. The molecule has 1 aromatic carbocycles. The molecule has 0 amide bonds.